The van der Waals surface area contributed by atoms with Gasteiger partial charge in [0.25, 0.3) is 0 Å². The maximum Gasteiger partial charge on any atom is 0.191 e. The zero-order chi connectivity index (χ0) is 13.7. The molecule has 6 nitrogen and oxygen atoms in total. The van der Waals surface area contributed by atoms with Crippen molar-refractivity contribution in [3.8, 4) is 5.75 Å². The van der Waals surface area contributed by atoms with Crippen LogP contribution in [0.3, 0.4) is 0 Å². The van der Waals surface area contributed by atoms with E-state index in [0.29, 0.717) is 6.54 Å². The number of aromatic nitrogens is 4. The molecule has 0 radical (unpaired) electrons. The molecule has 0 amide bonds. The van der Waals surface area contributed by atoms with E-state index in [9.17, 15) is 0 Å². The lowest BCUT2D eigenvalue weighted by atomic mass is 10.3. The fourth-order valence-corrected chi connectivity index (χ4v) is 2.45. The van der Waals surface area contributed by atoms with Crippen molar-refractivity contribution < 1.29 is 4.74 Å². The zero-order valence-corrected chi connectivity index (χ0v) is 11.9. The summed E-state index contributed by atoms with van der Waals surface area (Å²) in [5, 5.41) is 9.14. The Morgan fingerprint density at radius 2 is 2.26 bits per heavy atom. The first kappa shape index (κ1) is 13.8. The summed E-state index contributed by atoms with van der Waals surface area (Å²) in [6.45, 7) is 0.577. The van der Waals surface area contributed by atoms with Crippen LogP contribution < -0.4 is 10.5 Å². The van der Waals surface area contributed by atoms with E-state index in [1.165, 1.54) is 0 Å². The molecule has 2 rings (SSSR count). The highest BCUT2D eigenvalue weighted by Gasteiger charge is 2.09. The molecule has 0 saturated carbocycles. The zero-order valence-electron chi connectivity index (χ0n) is 11.0. The molecule has 102 valence electrons. The number of ether oxygens (including phenoxy) is 1. The topological polar surface area (TPSA) is 78.8 Å². The van der Waals surface area contributed by atoms with Crippen LogP contribution in [0.2, 0.25) is 0 Å². The highest BCUT2D eigenvalue weighted by molar-refractivity contribution is 7.98. The van der Waals surface area contributed by atoms with Gasteiger partial charge < -0.3 is 15.0 Å². The maximum atomic E-state index is 5.52. The van der Waals surface area contributed by atoms with E-state index >= 15 is 0 Å². The molecule has 0 aromatic carbocycles. The van der Waals surface area contributed by atoms with Crippen LogP contribution in [0, 0.1) is 0 Å². The molecular weight excluding hydrogens is 262 g/mol. The van der Waals surface area contributed by atoms with E-state index in [4.69, 9.17) is 10.5 Å². The second-order valence-electron chi connectivity index (χ2n) is 3.97. The third-order valence-corrected chi connectivity index (χ3v) is 3.72. The van der Waals surface area contributed by atoms with Crippen LogP contribution in [-0.4, -0.2) is 33.4 Å². The first-order chi connectivity index (χ1) is 9.24. The van der Waals surface area contributed by atoms with Gasteiger partial charge >= 0.3 is 0 Å². The second kappa shape index (κ2) is 6.53. The largest absolute Gasteiger partial charge is 0.497 e. The Morgan fingerprint density at radius 1 is 1.42 bits per heavy atom. The minimum atomic E-state index is 0.577. The number of hydrogen-bond donors (Lipinski definition) is 1. The number of nitrogens with two attached hydrogens (primary N) is 1. The van der Waals surface area contributed by atoms with Crippen molar-refractivity contribution in [3.05, 3.63) is 29.8 Å². The standard InChI is InChI=1S/C12H17N5OS/c1-17-11(3-5-13)15-16-12(17)19-8-9-7-10(18-2)4-6-14-9/h4,6-7H,3,5,8,13H2,1-2H3. The van der Waals surface area contributed by atoms with Gasteiger partial charge in [-0.05, 0) is 12.6 Å². The summed E-state index contributed by atoms with van der Waals surface area (Å²) in [6.07, 6.45) is 2.48. The van der Waals surface area contributed by atoms with Crippen LogP contribution in [0.15, 0.2) is 23.5 Å². The van der Waals surface area contributed by atoms with Gasteiger partial charge in [0, 0.05) is 31.5 Å². The van der Waals surface area contributed by atoms with E-state index in [1.54, 1.807) is 25.1 Å². The first-order valence-corrected chi connectivity index (χ1v) is 6.93. The number of thioether (sulfide) groups is 1. The number of nitrogens with zero attached hydrogens (tertiary/aromatic N) is 4. The van der Waals surface area contributed by atoms with Gasteiger partial charge in [-0.15, -0.1) is 10.2 Å². The molecule has 19 heavy (non-hydrogen) atoms. The number of methoxy groups -OCH3 is 1. The summed E-state index contributed by atoms with van der Waals surface area (Å²) in [7, 11) is 3.60. The molecule has 0 aliphatic carbocycles. The normalized spacial score (nSPS) is 10.7. The van der Waals surface area contributed by atoms with Gasteiger partial charge in [0.2, 0.25) is 0 Å². The average molecular weight is 279 g/mol. The Morgan fingerprint density at radius 3 is 3.00 bits per heavy atom. The summed E-state index contributed by atoms with van der Waals surface area (Å²) in [5.41, 5.74) is 6.48. The Kier molecular flexibility index (Phi) is 4.75. The van der Waals surface area contributed by atoms with Crippen molar-refractivity contribution in [2.45, 2.75) is 17.3 Å². The minimum Gasteiger partial charge on any atom is -0.497 e. The van der Waals surface area contributed by atoms with Gasteiger partial charge in [-0.3, -0.25) is 4.98 Å². The summed E-state index contributed by atoms with van der Waals surface area (Å²) in [4.78, 5) is 4.30. The SMILES string of the molecule is COc1ccnc(CSc2nnc(CCN)n2C)c1. The van der Waals surface area contributed by atoms with E-state index in [2.05, 4.69) is 15.2 Å². The highest BCUT2D eigenvalue weighted by Crippen LogP contribution is 2.21. The molecule has 2 aromatic heterocycles. The summed E-state index contributed by atoms with van der Waals surface area (Å²) in [6, 6.07) is 3.75. The lowest BCUT2D eigenvalue weighted by Crippen LogP contribution is -2.08. The molecule has 0 aliphatic heterocycles. The molecule has 0 fully saturated rings. The lowest BCUT2D eigenvalue weighted by molar-refractivity contribution is 0.413. The molecule has 0 spiro atoms. The van der Waals surface area contributed by atoms with Crippen molar-refractivity contribution in [1.29, 1.82) is 0 Å². The number of rotatable bonds is 6. The van der Waals surface area contributed by atoms with Crippen molar-refractivity contribution in [2.24, 2.45) is 12.8 Å². The Hall–Kier alpha value is -1.60. The Labute approximate surface area is 116 Å². The molecule has 2 aromatic rings. The van der Waals surface area contributed by atoms with Crippen LogP contribution in [0.4, 0.5) is 0 Å². The molecule has 0 unspecified atom stereocenters. The summed E-state index contributed by atoms with van der Waals surface area (Å²) >= 11 is 1.60. The molecule has 7 heteroatoms. The predicted octanol–water partition coefficient (Wildman–Crippen LogP) is 1.01. The van der Waals surface area contributed by atoms with Crippen LogP contribution in [0.25, 0.3) is 0 Å². The van der Waals surface area contributed by atoms with Gasteiger partial charge in [0.15, 0.2) is 5.16 Å². The third kappa shape index (κ3) is 3.45. The van der Waals surface area contributed by atoms with Crippen LogP contribution in [0.1, 0.15) is 11.5 Å². The molecule has 0 atom stereocenters. The van der Waals surface area contributed by atoms with Crippen LogP contribution in [0.5, 0.6) is 5.75 Å². The predicted molar refractivity (Wildman–Crippen MR) is 74.1 cm³/mol. The van der Waals surface area contributed by atoms with E-state index in [0.717, 1.165) is 34.6 Å². The van der Waals surface area contributed by atoms with Crippen LogP contribution in [-0.2, 0) is 19.2 Å². The Bertz CT molecular complexity index is 543. The van der Waals surface area contributed by atoms with Gasteiger partial charge in [-0.1, -0.05) is 11.8 Å². The van der Waals surface area contributed by atoms with Crippen molar-refractivity contribution in [1.82, 2.24) is 19.7 Å². The molecule has 0 bridgehead atoms. The number of hydrogen-bond acceptors (Lipinski definition) is 6. The van der Waals surface area contributed by atoms with Crippen LogP contribution >= 0.6 is 11.8 Å². The second-order valence-corrected chi connectivity index (χ2v) is 4.91. The first-order valence-electron chi connectivity index (χ1n) is 5.94. The number of pyridine rings is 1. The smallest absolute Gasteiger partial charge is 0.191 e. The molecule has 0 aliphatic rings. The molecule has 2 heterocycles. The van der Waals surface area contributed by atoms with E-state index in [-0.39, 0.29) is 0 Å². The minimum absolute atomic E-state index is 0.577. The van der Waals surface area contributed by atoms with Gasteiger partial charge in [-0.25, -0.2) is 0 Å². The lowest BCUT2D eigenvalue weighted by Gasteiger charge is -2.04. The Balaban J connectivity index is 2.01. The van der Waals surface area contributed by atoms with E-state index < -0.39 is 0 Å². The monoisotopic (exact) mass is 279 g/mol. The molecule has 0 saturated heterocycles. The van der Waals surface area contributed by atoms with Gasteiger partial charge in [0.1, 0.15) is 11.6 Å². The average Bonchev–Trinajstić information content (AvgIpc) is 2.78. The van der Waals surface area contributed by atoms with Crippen molar-refractivity contribution in [3.63, 3.8) is 0 Å². The third-order valence-electron chi connectivity index (χ3n) is 2.67. The van der Waals surface area contributed by atoms with E-state index in [1.807, 2.05) is 23.7 Å². The fraction of sp³-hybridized carbons (Fsp3) is 0.417. The van der Waals surface area contributed by atoms with Crippen molar-refractivity contribution in [2.75, 3.05) is 13.7 Å². The highest BCUT2D eigenvalue weighted by atomic mass is 32.2. The quantitative estimate of drug-likeness (QED) is 0.795. The van der Waals surface area contributed by atoms with Gasteiger partial charge in [0.05, 0.1) is 12.8 Å². The van der Waals surface area contributed by atoms with Crippen molar-refractivity contribution >= 4 is 11.8 Å². The molecular formula is C12H17N5OS. The van der Waals surface area contributed by atoms with Gasteiger partial charge in [-0.2, -0.15) is 0 Å². The summed E-state index contributed by atoms with van der Waals surface area (Å²) in [5.74, 6) is 2.45. The molecule has 2 N–H and O–H groups in total. The summed E-state index contributed by atoms with van der Waals surface area (Å²) < 4.78 is 7.14. The fourth-order valence-electron chi connectivity index (χ4n) is 1.62. The maximum absolute atomic E-state index is 5.52.